The summed E-state index contributed by atoms with van der Waals surface area (Å²) in [6.07, 6.45) is 1.72. The zero-order valence-electron chi connectivity index (χ0n) is 18.4. The summed E-state index contributed by atoms with van der Waals surface area (Å²) in [7, 11) is 0. The van der Waals surface area contributed by atoms with Gasteiger partial charge in [-0.2, -0.15) is 0 Å². The molecule has 0 radical (unpaired) electrons. The summed E-state index contributed by atoms with van der Waals surface area (Å²) >= 11 is 5.88. The van der Waals surface area contributed by atoms with Crippen LogP contribution in [0.5, 0.6) is 0 Å². The van der Waals surface area contributed by atoms with Crippen molar-refractivity contribution in [3.05, 3.63) is 64.7 Å². The molecule has 1 aliphatic rings. The number of anilines is 1. The van der Waals surface area contributed by atoms with E-state index >= 15 is 0 Å². The van der Waals surface area contributed by atoms with E-state index in [1.54, 1.807) is 29.2 Å². The Labute approximate surface area is 193 Å². The predicted molar refractivity (Wildman–Crippen MR) is 126 cm³/mol. The molecule has 1 heterocycles. The van der Waals surface area contributed by atoms with Crippen LogP contribution in [-0.4, -0.2) is 47.9 Å². The topological polar surface area (TPSA) is 90.5 Å². The molecule has 1 saturated heterocycles. The highest BCUT2D eigenvalue weighted by molar-refractivity contribution is 6.30. The number of nitrogens with one attached hydrogen (secondary N) is 3. The van der Waals surface area contributed by atoms with E-state index in [2.05, 4.69) is 16.0 Å². The van der Waals surface area contributed by atoms with Crippen molar-refractivity contribution in [3.8, 4) is 0 Å². The second-order valence-corrected chi connectivity index (χ2v) is 8.59. The fourth-order valence-electron chi connectivity index (χ4n) is 3.68. The van der Waals surface area contributed by atoms with Crippen LogP contribution in [0.3, 0.4) is 0 Å². The number of likely N-dealkylation sites (tertiary alicyclic amines) is 1. The number of piperidine rings is 1. The molecule has 2 aromatic rings. The van der Waals surface area contributed by atoms with Crippen LogP contribution >= 0.6 is 11.6 Å². The van der Waals surface area contributed by atoms with Crippen LogP contribution in [-0.2, 0) is 16.0 Å². The zero-order chi connectivity index (χ0) is 23.1. The van der Waals surface area contributed by atoms with Gasteiger partial charge >= 0.3 is 6.03 Å². The molecule has 8 heteroatoms. The van der Waals surface area contributed by atoms with Crippen LogP contribution in [0.2, 0.25) is 5.02 Å². The molecule has 3 rings (SSSR count). The van der Waals surface area contributed by atoms with E-state index in [1.165, 1.54) is 6.92 Å². The Bertz CT molecular complexity index is 939. The van der Waals surface area contributed by atoms with Crippen molar-refractivity contribution in [2.45, 2.75) is 45.2 Å². The maximum absolute atomic E-state index is 12.9. The maximum Gasteiger partial charge on any atom is 0.321 e. The van der Waals surface area contributed by atoms with E-state index < -0.39 is 6.04 Å². The van der Waals surface area contributed by atoms with E-state index in [1.807, 2.05) is 31.2 Å². The lowest BCUT2D eigenvalue weighted by Crippen LogP contribution is -2.53. The Morgan fingerprint density at radius 3 is 2.25 bits per heavy atom. The van der Waals surface area contributed by atoms with Crippen LogP contribution in [0, 0.1) is 6.92 Å². The third-order valence-electron chi connectivity index (χ3n) is 5.48. The molecule has 0 spiro atoms. The molecule has 1 unspecified atom stereocenters. The van der Waals surface area contributed by atoms with Crippen molar-refractivity contribution >= 4 is 35.1 Å². The van der Waals surface area contributed by atoms with Gasteiger partial charge in [-0.05, 0) is 49.6 Å². The van der Waals surface area contributed by atoms with Gasteiger partial charge in [0.15, 0.2) is 0 Å². The standard InChI is InChI=1S/C24H29ClN4O3/c1-16-3-5-18(6-4-16)15-22(26-17(2)30)23(31)27-21-11-13-29(14-12-21)24(32)28-20-9-7-19(25)8-10-20/h3-10,21-22H,11-15H2,1-2H3,(H,26,30)(H,27,31)(H,28,32). The average Bonchev–Trinajstić information content (AvgIpc) is 2.76. The molecule has 1 aliphatic heterocycles. The lowest BCUT2D eigenvalue weighted by molar-refractivity contribution is -0.128. The van der Waals surface area contributed by atoms with E-state index in [0.717, 1.165) is 11.1 Å². The second kappa shape index (κ2) is 11.0. The predicted octanol–water partition coefficient (Wildman–Crippen LogP) is 3.51. The lowest BCUT2D eigenvalue weighted by Gasteiger charge is -2.33. The SMILES string of the molecule is CC(=O)NC(Cc1ccc(C)cc1)C(=O)NC1CCN(C(=O)Nc2ccc(Cl)cc2)CC1. The molecule has 32 heavy (non-hydrogen) atoms. The average molecular weight is 457 g/mol. The quantitative estimate of drug-likeness (QED) is 0.621. The Morgan fingerprint density at radius 1 is 1.03 bits per heavy atom. The number of hydrogen-bond donors (Lipinski definition) is 3. The van der Waals surface area contributed by atoms with Crippen LogP contribution < -0.4 is 16.0 Å². The van der Waals surface area contributed by atoms with Gasteiger partial charge in [0.25, 0.3) is 0 Å². The van der Waals surface area contributed by atoms with Gasteiger partial charge in [-0.1, -0.05) is 41.4 Å². The largest absolute Gasteiger partial charge is 0.351 e. The number of carbonyl (C=O) groups excluding carboxylic acids is 3. The number of rotatable bonds is 6. The fourth-order valence-corrected chi connectivity index (χ4v) is 3.80. The van der Waals surface area contributed by atoms with Gasteiger partial charge in [0.05, 0.1) is 0 Å². The fraction of sp³-hybridized carbons (Fsp3) is 0.375. The molecule has 170 valence electrons. The molecule has 2 aromatic carbocycles. The molecular formula is C24H29ClN4O3. The van der Waals surface area contributed by atoms with Gasteiger partial charge in [-0.25, -0.2) is 4.79 Å². The third kappa shape index (κ3) is 6.99. The first-order valence-electron chi connectivity index (χ1n) is 10.7. The summed E-state index contributed by atoms with van der Waals surface area (Å²) in [6, 6.07) is 14.0. The van der Waals surface area contributed by atoms with Gasteiger partial charge < -0.3 is 20.9 Å². The van der Waals surface area contributed by atoms with Crippen molar-refractivity contribution in [2.75, 3.05) is 18.4 Å². The first-order chi connectivity index (χ1) is 15.3. The Hall–Kier alpha value is -3.06. The Morgan fingerprint density at radius 2 is 1.66 bits per heavy atom. The van der Waals surface area contributed by atoms with Gasteiger partial charge in [0, 0.05) is 43.2 Å². The maximum atomic E-state index is 12.9. The van der Waals surface area contributed by atoms with Crippen molar-refractivity contribution in [2.24, 2.45) is 0 Å². The van der Waals surface area contributed by atoms with Crippen molar-refractivity contribution in [1.82, 2.24) is 15.5 Å². The minimum Gasteiger partial charge on any atom is -0.351 e. The molecule has 1 atom stereocenters. The monoisotopic (exact) mass is 456 g/mol. The highest BCUT2D eigenvalue weighted by Crippen LogP contribution is 2.16. The van der Waals surface area contributed by atoms with Gasteiger partial charge in [-0.3, -0.25) is 9.59 Å². The summed E-state index contributed by atoms with van der Waals surface area (Å²) in [6.45, 7) is 4.48. The van der Waals surface area contributed by atoms with Crippen LogP contribution in [0.1, 0.15) is 30.9 Å². The Balaban J connectivity index is 1.50. The smallest absolute Gasteiger partial charge is 0.321 e. The number of halogens is 1. The van der Waals surface area contributed by atoms with E-state index in [0.29, 0.717) is 43.1 Å². The van der Waals surface area contributed by atoms with Crippen molar-refractivity contribution in [3.63, 3.8) is 0 Å². The molecule has 7 nitrogen and oxygen atoms in total. The van der Waals surface area contributed by atoms with Gasteiger partial charge in [0.2, 0.25) is 11.8 Å². The first-order valence-corrected chi connectivity index (χ1v) is 11.1. The number of hydrogen-bond acceptors (Lipinski definition) is 3. The molecule has 0 bridgehead atoms. The van der Waals surface area contributed by atoms with Crippen LogP contribution in [0.4, 0.5) is 10.5 Å². The minimum absolute atomic E-state index is 0.0450. The molecule has 0 saturated carbocycles. The number of carbonyl (C=O) groups is 3. The molecule has 4 amide bonds. The summed E-state index contributed by atoms with van der Waals surface area (Å²) in [4.78, 5) is 38.7. The van der Waals surface area contributed by atoms with Crippen molar-refractivity contribution < 1.29 is 14.4 Å². The van der Waals surface area contributed by atoms with Gasteiger partial charge in [0.1, 0.15) is 6.04 Å². The second-order valence-electron chi connectivity index (χ2n) is 8.15. The van der Waals surface area contributed by atoms with E-state index in [-0.39, 0.29) is 23.9 Å². The normalized spacial score (nSPS) is 15.0. The molecule has 1 fully saturated rings. The molecule has 3 N–H and O–H groups in total. The van der Waals surface area contributed by atoms with E-state index in [9.17, 15) is 14.4 Å². The summed E-state index contributed by atoms with van der Waals surface area (Å²) in [5, 5.41) is 9.27. The number of nitrogens with zero attached hydrogens (tertiary/aromatic N) is 1. The first kappa shape index (κ1) is 23.6. The molecule has 0 aliphatic carbocycles. The highest BCUT2D eigenvalue weighted by Gasteiger charge is 2.27. The minimum atomic E-state index is -0.638. The van der Waals surface area contributed by atoms with E-state index in [4.69, 9.17) is 11.6 Å². The van der Waals surface area contributed by atoms with Crippen LogP contribution in [0.15, 0.2) is 48.5 Å². The third-order valence-corrected chi connectivity index (χ3v) is 5.73. The highest BCUT2D eigenvalue weighted by atomic mass is 35.5. The summed E-state index contributed by atoms with van der Waals surface area (Å²) in [5.74, 6) is -0.448. The Kier molecular flexibility index (Phi) is 8.11. The molecular weight excluding hydrogens is 428 g/mol. The van der Waals surface area contributed by atoms with Crippen LogP contribution in [0.25, 0.3) is 0 Å². The summed E-state index contributed by atoms with van der Waals surface area (Å²) < 4.78 is 0. The molecule has 0 aromatic heterocycles. The zero-order valence-corrected chi connectivity index (χ0v) is 19.1. The number of urea groups is 1. The number of aryl methyl sites for hydroxylation is 1. The lowest BCUT2D eigenvalue weighted by atomic mass is 10.0. The summed E-state index contributed by atoms with van der Waals surface area (Å²) in [5.41, 5.74) is 2.81. The van der Waals surface area contributed by atoms with Crippen molar-refractivity contribution in [1.29, 1.82) is 0 Å². The number of benzene rings is 2. The van der Waals surface area contributed by atoms with Gasteiger partial charge in [-0.15, -0.1) is 0 Å². The number of amides is 4.